The van der Waals surface area contributed by atoms with E-state index in [4.69, 9.17) is 0 Å². The lowest BCUT2D eigenvalue weighted by Crippen LogP contribution is -2.49. The average Bonchev–Trinajstić information content (AvgIpc) is 2.11. The predicted octanol–water partition coefficient (Wildman–Crippen LogP) is 3.32. The summed E-state index contributed by atoms with van der Waals surface area (Å²) < 4.78 is 0. The van der Waals surface area contributed by atoms with E-state index in [-0.39, 0.29) is 5.54 Å². The molecule has 0 aliphatic heterocycles. The van der Waals surface area contributed by atoms with Crippen molar-refractivity contribution in [3.05, 3.63) is 35.9 Å². The van der Waals surface area contributed by atoms with E-state index in [0.29, 0.717) is 0 Å². The fourth-order valence-corrected chi connectivity index (χ4v) is 2.35. The molecule has 15 heavy (non-hydrogen) atoms. The van der Waals surface area contributed by atoms with Crippen molar-refractivity contribution in [1.82, 2.24) is 5.32 Å². The van der Waals surface area contributed by atoms with Crippen molar-refractivity contribution in [2.75, 3.05) is 0 Å². The summed E-state index contributed by atoms with van der Waals surface area (Å²) in [5.74, 6) is 0.783. The van der Waals surface area contributed by atoms with Gasteiger partial charge >= 0.3 is 0 Å². The summed E-state index contributed by atoms with van der Waals surface area (Å²) in [6.45, 7) is 6.72. The molecule has 1 aromatic rings. The van der Waals surface area contributed by atoms with E-state index >= 15 is 0 Å². The summed E-state index contributed by atoms with van der Waals surface area (Å²) in [4.78, 5) is 0. The molecule has 1 fully saturated rings. The van der Waals surface area contributed by atoms with Gasteiger partial charge in [-0.3, -0.25) is 0 Å². The van der Waals surface area contributed by atoms with Crippen LogP contribution in [0.1, 0.15) is 45.1 Å². The molecule has 0 spiro atoms. The third-order valence-electron chi connectivity index (χ3n) is 3.05. The number of hydrogen-bond donors (Lipinski definition) is 1. The highest BCUT2D eigenvalue weighted by atomic mass is 15.0. The van der Waals surface area contributed by atoms with Crippen molar-refractivity contribution in [2.24, 2.45) is 0 Å². The fraction of sp³-hybridized carbons (Fsp3) is 0.571. The third kappa shape index (κ3) is 2.82. The largest absolute Gasteiger partial charge is 0.309 e. The average molecular weight is 203 g/mol. The molecule has 0 unspecified atom stereocenters. The van der Waals surface area contributed by atoms with Crippen LogP contribution in [0.25, 0.3) is 0 Å². The van der Waals surface area contributed by atoms with Gasteiger partial charge in [-0.15, -0.1) is 0 Å². The van der Waals surface area contributed by atoms with Gasteiger partial charge in [0.05, 0.1) is 0 Å². The Kier molecular flexibility index (Phi) is 2.83. The molecule has 0 aromatic heterocycles. The Bertz CT molecular complexity index is 304. The normalized spacial score (nSPS) is 26.1. The van der Waals surface area contributed by atoms with Crippen LogP contribution in [0.2, 0.25) is 0 Å². The highest BCUT2D eigenvalue weighted by Gasteiger charge is 2.32. The van der Waals surface area contributed by atoms with Gasteiger partial charge < -0.3 is 5.32 Å². The lowest BCUT2D eigenvalue weighted by atomic mass is 9.75. The Morgan fingerprint density at radius 1 is 1.07 bits per heavy atom. The molecule has 0 amide bonds. The van der Waals surface area contributed by atoms with E-state index in [9.17, 15) is 0 Å². The fourth-order valence-electron chi connectivity index (χ4n) is 2.35. The predicted molar refractivity (Wildman–Crippen MR) is 65.1 cm³/mol. The monoisotopic (exact) mass is 203 g/mol. The Hall–Kier alpha value is -0.820. The SMILES string of the molecule is CC(C)(C)N[C@H]1C[C@H](c2ccccc2)C1. The minimum absolute atomic E-state index is 0.256. The van der Waals surface area contributed by atoms with Gasteiger partial charge in [0.25, 0.3) is 0 Å². The van der Waals surface area contributed by atoms with Crippen LogP contribution in [0.3, 0.4) is 0 Å². The summed E-state index contributed by atoms with van der Waals surface area (Å²) in [6, 6.07) is 11.6. The van der Waals surface area contributed by atoms with E-state index in [2.05, 4.69) is 56.4 Å². The van der Waals surface area contributed by atoms with Crippen molar-refractivity contribution >= 4 is 0 Å². The van der Waals surface area contributed by atoms with Crippen molar-refractivity contribution in [1.29, 1.82) is 0 Å². The van der Waals surface area contributed by atoms with Crippen molar-refractivity contribution in [3.8, 4) is 0 Å². The number of nitrogens with one attached hydrogen (secondary N) is 1. The van der Waals surface area contributed by atoms with Gasteiger partial charge in [-0.05, 0) is 45.1 Å². The molecule has 1 heteroatoms. The van der Waals surface area contributed by atoms with E-state index in [1.54, 1.807) is 0 Å². The molecular weight excluding hydrogens is 182 g/mol. The minimum Gasteiger partial charge on any atom is -0.309 e. The number of hydrogen-bond acceptors (Lipinski definition) is 1. The van der Waals surface area contributed by atoms with Gasteiger partial charge in [-0.25, -0.2) is 0 Å². The molecule has 0 saturated heterocycles. The van der Waals surface area contributed by atoms with Crippen LogP contribution in [0.4, 0.5) is 0 Å². The second-order valence-electron chi connectivity index (χ2n) is 5.67. The molecular formula is C14H21N. The molecule has 1 aromatic carbocycles. The summed E-state index contributed by atoms with van der Waals surface area (Å²) in [6.07, 6.45) is 2.59. The van der Waals surface area contributed by atoms with Crippen molar-refractivity contribution < 1.29 is 0 Å². The number of benzene rings is 1. The van der Waals surface area contributed by atoms with Crippen LogP contribution < -0.4 is 5.32 Å². The van der Waals surface area contributed by atoms with E-state index in [1.165, 1.54) is 18.4 Å². The molecule has 1 N–H and O–H groups in total. The van der Waals surface area contributed by atoms with Gasteiger partial charge in [0, 0.05) is 11.6 Å². The summed E-state index contributed by atoms with van der Waals surface area (Å²) in [7, 11) is 0. The molecule has 0 radical (unpaired) electrons. The molecule has 1 aliphatic carbocycles. The van der Waals surface area contributed by atoms with Crippen LogP contribution in [0, 0.1) is 0 Å². The van der Waals surface area contributed by atoms with Crippen LogP contribution in [-0.4, -0.2) is 11.6 Å². The molecule has 1 nitrogen and oxygen atoms in total. The zero-order chi connectivity index (χ0) is 10.9. The molecule has 0 heterocycles. The second kappa shape index (κ2) is 3.97. The molecule has 1 saturated carbocycles. The first-order chi connectivity index (χ1) is 7.04. The third-order valence-corrected chi connectivity index (χ3v) is 3.05. The van der Waals surface area contributed by atoms with Gasteiger partial charge in [0.1, 0.15) is 0 Å². The zero-order valence-electron chi connectivity index (χ0n) is 9.96. The standard InChI is InChI=1S/C14H21N/c1-14(2,3)15-13-9-12(10-13)11-7-5-4-6-8-11/h4-8,12-13,15H,9-10H2,1-3H3/t12-,13-. The van der Waals surface area contributed by atoms with Crippen LogP contribution in [-0.2, 0) is 0 Å². The Morgan fingerprint density at radius 2 is 1.67 bits per heavy atom. The molecule has 82 valence electrons. The first kappa shape index (κ1) is 10.7. The maximum Gasteiger partial charge on any atom is 0.00991 e. The quantitative estimate of drug-likeness (QED) is 0.777. The smallest absolute Gasteiger partial charge is 0.00991 e. The Balaban J connectivity index is 1.84. The van der Waals surface area contributed by atoms with Crippen LogP contribution >= 0.6 is 0 Å². The zero-order valence-corrected chi connectivity index (χ0v) is 9.96. The highest BCUT2D eigenvalue weighted by molar-refractivity contribution is 5.22. The lowest BCUT2D eigenvalue weighted by Gasteiger charge is -2.40. The second-order valence-corrected chi connectivity index (χ2v) is 5.67. The topological polar surface area (TPSA) is 12.0 Å². The van der Waals surface area contributed by atoms with Gasteiger partial charge in [0.15, 0.2) is 0 Å². The molecule has 0 atom stereocenters. The Morgan fingerprint density at radius 3 is 2.20 bits per heavy atom. The summed E-state index contributed by atoms with van der Waals surface area (Å²) in [5, 5.41) is 3.66. The van der Waals surface area contributed by atoms with E-state index in [1.807, 2.05) is 0 Å². The van der Waals surface area contributed by atoms with Crippen molar-refractivity contribution in [2.45, 2.75) is 51.1 Å². The first-order valence-corrected chi connectivity index (χ1v) is 5.87. The van der Waals surface area contributed by atoms with Gasteiger partial charge in [-0.2, -0.15) is 0 Å². The van der Waals surface area contributed by atoms with Gasteiger partial charge in [-0.1, -0.05) is 30.3 Å². The summed E-state index contributed by atoms with van der Waals surface area (Å²) >= 11 is 0. The lowest BCUT2D eigenvalue weighted by molar-refractivity contribution is 0.235. The molecule has 2 rings (SSSR count). The minimum atomic E-state index is 0.256. The highest BCUT2D eigenvalue weighted by Crippen LogP contribution is 2.37. The maximum atomic E-state index is 3.66. The van der Waals surface area contributed by atoms with Crippen LogP contribution in [0.5, 0.6) is 0 Å². The number of rotatable bonds is 2. The van der Waals surface area contributed by atoms with Crippen molar-refractivity contribution in [3.63, 3.8) is 0 Å². The molecule has 0 bridgehead atoms. The van der Waals surface area contributed by atoms with E-state index < -0.39 is 0 Å². The van der Waals surface area contributed by atoms with Crippen LogP contribution in [0.15, 0.2) is 30.3 Å². The first-order valence-electron chi connectivity index (χ1n) is 5.87. The Labute approximate surface area is 92.9 Å². The summed E-state index contributed by atoms with van der Waals surface area (Å²) in [5.41, 5.74) is 1.76. The van der Waals surface area contributed by atoms with E-state index in [0.717, 1.165) is 12.0 Å². The maximum absolute atomic E-state index is 3.66. The molecule has 1 aliphatic rings. The van der Waals surface area contributed by atoms with Gasteiger partial charge in [0.2, 0.25) is 0 Å².